The summed E-state index contributed by atoms with van der Waals surface area (Å²) in [6.07, 6.45) is 1.94. The van der Waals surface area contributed by atoms with Crippen LogP contribution in [0.1, 0.15) is 44.7 Å². The van der Waals surface area contributed by atoms with E-state index >= 15 is 0 Å². The lowest BCUT2D eigenvalue weighted by Crippen LogP contribution is -2.38. The summed E-state index contributed by atoms with van der Waals surface area (Å²) in [7, 11) is 0. The van der Waals surface area contributed by atoms with Crippen LogP contribution >= 0.6 is 0 Å². The summed E-state index contributed by atoms with van der Waals surface area (Å²) in [4.78, 5) is 11.7. The van der Waals surface area contributed by atoms with E-state index in [1.807, 2.05) is 19.9 Å². The van der Waals surface area contributed by atoms with Gasteiger partial charge in [0.2, 0.25) is 0 Å². The molecule has 3 nitrogen and oxygen atoms in total. The van der Waals surface area contributed by atoms with Crippen LogP contribution in [0.2, 0.25) is 0 Å². The van der Waals surface area contributed by atoms with Crippen molar-refractivity contribution in [1.29, 1.82) is 0 Å². The molecule has 1 aliphatic rings. The van der Waals surface area contributed by atoms with Gasteiger partial charge in [-0.05, 0) is 37.0 Å². The number of carbonyl (C=O) groups excluding carboxylic acids is 1. The van der Waals surface area contributed by atoms with E-state index in [9.17, 15) is 4.79 Å². The van der Waals surface area contributed by atoms with Gasteiger partial charge in [-0.1, -0.05) is 38.1 Å². The van der Waals surface area contributed by atoms with Crippen LogP contribution in [0, 0.1) is 0 Å². The lowest BCUT2D eigenvalue weighted by Gasteiger charge is -2.17. The Bertz CT molecular complexity index is 484. The van der Waals surface area contributed by atoms with Crippen molar-refractivity contribution in [1.82, 2.24) is 10.9 Å². The van der Waals surface area contributed by atoms with Gasteiger partial charge in [0, 0.05) is 5.57 Å². The van der Waals surface area contributed by atoms with Crippen molar-refractivity contribution in [2.24, 2.45) is 0 Å². The highest BCUT2D eigenvalue weighted by molar-refractivity contribution is 6.01. The summed E-state index contributed by atoms with van der Waals surface area (Å²) in [5.74, 6) is 0.479. The Morgan fingerprint density at radius 2 is 1.78 bits per heavy atom. The summed E-state index contributed by atoms with van der Waals surface area (Å²) < 4.78 is 0. The summed E-state index contributed by atoms with van der Waals surface area (Å²) in [6, 6.07) is 8.35. The van der Waals surface area contributed by atoms with Crippen LogP contribution in [0.15, 0.2) is 29.8 Å². The van der Waals surface area contributed by atoms with Crippen LogP contribution in [-0.2, 0) is 4.79 Å². The molecule has 1 heterocycles. The Kier molecular flexibility index (Phi) is 3.26. The van der Waals surface area contributed by atoms with Crippen LogP contribution in [0.4, 0.5) is 0 Å². The molecule has 1 amide bonds. The van der Waals surface area contributed by atoms with Crippen molar-refractivity contribution < 1.29 is 4.79 Å². The van der Waals surface area contributed by atoms with Crippen molar-refractivity contribution in [3.63, 3.8) is 0 Å². The van der Waals surface area contributed by atoms with Crippen LogP contribution in [0.3, 0.4) is 0 Å². The minimum absolute atomic E-state index is 0.0482. The molecule has 0 unspecified atom stereocenters. The summed E-state index contributed by atoms with van der Waals surface area (Å²) in [6.45, 7) is 8.31. The molecule has 18 heavy (non-hydrogen) atoms. The Balaban J connectivity index is 2.30. The fourth-order valence-corrected chi connectivity index (χ4v) is 2.02. The molecular formula is C15H20N2O. The minimum atomic E-state index is -0.326. The van der Waals surface area contributed by atoms with E-state index in [0.29, 0.717) is 5.92 Å². The number of hydrogen-bond acceptors (Lipinski definition) is 2. The normalized spacial score (nSPS) is 20.5. The maximum Gasteiger partial charge on any atom is 0.263 e. The van der Waals surface area contributed by atoms with E-state index in [2.05, 4.69) is 49.0 Å². The Hall–Kier alpha value is -1.61. The SMILES string of the molecule is CC(C)c1ccc(/C=C2\C(=O)NNC2(C)C)cc1. The van der Waals surface area contributed by atoms with Crippen LogP contribution in [0.25, 0.3) is 6.08 Å². The van der Waals surface area contributed by atoms with Gasteiger partial charge in [0.05, 0.1) is 5.54 Å². The van der Waals surface area contributed by atoms with Crippen molar-refractivity contribution >= 4 is 12.0 Å². The van der Waals surface area contributed by atoms with E-state index in [-0.39, 0.29) is 11.4 Å². The van der Waals surface area contributed by atoms with E-state index in [1.165, 1.54) is 5.56 Å². The average Bonchev–Trinajstić information content (AvgIpc) is 2.57. The number of nitrogens with one attached hydrogen (secondary N) is 2. The molecule has 1 aromatic carbocycles. The van der Waals surface area contributed by atoms with Gasteiger partial charge in [-0.25, -0.2) is 5.43 Å². The first kappa shape index (κ1) is 12.8. The predicted octanol–water partition coefficient (Wildman–Crippen LogP) is 2.61. The van der Waals surface area contributed by atoms with Crippen LogP contribution < -0.4 is 10.9 Å². The minimum Gasteiger partial charge on any atom is -0.287 e. The highest BCUT2D eigenvalue weighted by Crippen LogP contribution is 2.23. The molecule has 96 valence electrons. The second-order valence-corrected chi connectivity index (χ2v) is 5.58. The lowest BCUT2D eigenvalue weighted by atomic mass is 9.93. The lowest BCUT2D eigenvalue weighted by molar-refractivity contribution is -0.116. The highest BCUT2D eigenvalue weighted by Gasteiger charge is 2.34. The fourth-order valence-electron chi connectivity index (χ4n) is 2.02. The van der Waals surface area contributed by atoms with Gasteiger partial charge in [0.1, 0.15) is 0 Å². The molecule has 1 aliphatic heterocycles. The van der Waals surface area contributed by atoms with Crippen molar-refractivity contribution in [2.45, 2.75) is 39.2 Å². The quantitative estimate of drug-likeness (QED) is 0.785. The molecule has 2 rings (SSSR count). The van der Waals surface area contributed by atoms with Gasteiger partial charge in [0.15, 0.2) is 0 Å². The molecule has 1 aromatic rings. The van der Waals surface area contributed by atoms with Crippen molar-refractivity contribution in [3.8, 4) is 0 Å². The zero-order valence-corrected chi connectivity index (χ0v) is 11.4. The molecule has 3 heteroatoms. The highest BCUT2D eigenvalue weighted by atomic mass is 16.2. The molecule has 0 atom stereocenters. The van der Waals surface area contributed by atoms with E-state index in [0.717, 1.165) is 11.1 Å². The monoisotopic (exact) mass is 244 g/mol. The number of hydrogen-bond donors (Lipinski definition) is 2. The molecule has 0 bridgehead atoms. The third-order valence-corrected chi connectivity index (χ3v) is 3.32. The first-order valence-electron chi connectivity index (χ1n) is 6.30. The second kappa shape index (κ2) is 4.58. The molecule has 2 N–H and O–H groups in total. The van der Waals surface area contributed by atoms with Gasteiger partial charge >= 0.3 is 0 Å². The van der Waals surface area contributed by atoms with E-state index in [1.54, 1.807) is 0 Å². The Labute approximate surface area is 108 Å². The number of carbonyl (C=O) groups is 1. The number of amides is 1. The smallest absolute Gasteiger partial charge is 0.263 e. The van der Waals surface area contributed by atoms with E-state index in [4.69, 9.17) is 0 Å². The van der Waals surface area contributed by atoms with Gasteiger partial charge in [-0.2, -0.15) is 0 Å². The molecule has 0 saturated carbocycles. The second-order valence-electron chi connectivity index (χ2n) is 5.58. The Morgan fingerprint density at radius 1 is 1.17 bits per heavy atom. The predicted molar refractivity (Wildman–Crippen MR) is 73.9 cm³/mol. The maximum absolute atomic E-state index is 11.7. The summed E-state index contributed by atoms with van der Waals surface area (Å²) in [5.41, 5.74) is 8.44. The zero-order chi connectivity index (χ0) is 13.3. The molecule has 1 saturated heterocycles. The molecule has 0 spiro atoms. The molecule has 0 radical (unpaired) electrons. The molecule has 1 fully saturated rings. The van der Waals surface area contributed by atoms with E-state index < -0.39 is 0 Å². The number of rotatable bonds is 2. The third-order valence-electron chi connectivity index (χ3n) is 3.32. The largest absolute Gasteiger partial charge is 0.287 e. The molecular weight excluding hydrogens is 224 g/mol. The standard InChI is InChI=1S/C15H20N2O/c1-10(2)12-7-5-11(6-8-12)9-13-14(18)16-17-15(13,3)4/h5-10,17H,1-4H3,(H,16,18)/b13-9+. The number of benzene rings is 1. The first-order valence-corrected chi connectivity index (χ1v) is 6.30. The third kappa shape index (κ3) is 2.46. The van der Waals surface area contributed by atoms with Gasteiger partial charge in [-0.15, -0.1) is 0 Å². The topological polar surface area (TPSA) is 41.1 Å². The maximum atomic E-state index is 11.7. The average molecular weight is 244 g/mol. The molecule has 0 aliphatic carbocycles. The number of hydrazine groups is 1. The summed E-state index contributed by atoms with van der Waals surface area (Å²) >= 11 is 0. The fraction of sp³-hybridized carbons (Fsp3) is 0.400. The van der Waals surface area contributed by atoms with Gasteiger partial charge < -0.3 is 0 Å². The first-order chi connectivity index (χ1) is 8.40. The van der Waals surface area contributed by atoms with Crippen LogP contribution in [0.5, 0.6) is 0 Å². The van der Waals surface area contributed by atoms with Crippen LogP contribution in [-0.4, -0.2) is 11.4 Å². The van der Waals surface area contributed by atoms with Gasteiger partial charge in [-0.3, -0.25) is 10.2 Å². The van der Waals surface area contributed by atoms with Crippen molar-refractivity contribution in [2.75, 3.05) is 0 Å². The Morgan fingerprint density at radius 3 is 2.22 bits per heavy atom. The zero-order valence-electron chi connectivity index (χ0n) is 11.4. The van der Waals surface area contributed by atoms with Crippen molar-refractivity contribution in [3.05, 3.63) is 41.0 Å². The van der Waals surface area contributed by atoms with Gasteiger partial charge in [0.25, 0.3) is 5.91 Å². The molecule has 0 aromatic heterocycles. The summed E-state index contributed by atoms with van der Waals surface area (Å²) in [5, 5.41) is 0.